The number of rotatable bonds is 12. The van der Waals surface area contributed by atoms with Crippen molar-refractivity contribution in [1.82, 2.24) is 16.0 Å². The van der Waals surface area contributed by atoms with Crippen LogP contribution in [0.1, 0.15) is 89.0 Å². The maximum atomic E-state index is 6.04. The van der Waals surface area contributed by atoms with Gasteiger partial charge in [-0.05, 0) is 69.2 Å². The van der Waals surface area contributed by atoms with Gasteiger partial charge in [0, 0.05) is 31.1 Å². The van der Waals surface area contributed by atoms with Gasteiger partial charge >= 0.3 is 0 Å². The highest BCUT2D eigenvalue weighted by Gasteiger charge is 2.36. The summed E-state index contributed by atoms with van der Waals surface area (Å²) in [6.07, 6.45) is 5.42. The Morgan fingerprint density at radius 2 is 1.39 bits per heavy atom. The number of aliphatic imine (C=N–C) groups is 1. The number of ether oxygens (including phenoxy) is 4. The van der Waals surface area contributed by atoms with E-state index in [-0.39, 0.29) is 24.2 Å². The molecule has 0 amide bonds. The fourth-order valence-electron chi connectivity index (χ4n) is 6.61. The van der Waals surface area contributed by atoms with E-state index >= 15 is 0 Å². The van der Waals surface area contributed by atoms with Gasteiger partial charge in [-0.2, -0.15) is 0 Å². The highest BCUT2D eigenvalue weighted by atomic mass is 16.7. The third-order valence-electron chi connectivity index (χ3n) is 8.75. The molecule has 0 aromatic heterocycles. The van der Waals surface area contributed by atoms with Gasteiger partial charge < -0.3 is 34.9 Å². The van der Waals surface area contributed by atoms with Crippen molar-refractivity contribution >= 4 is 5.96 Å². The maximum absolute atomic E-state index is 6.04. The molecular formula is C36H54N4O4. The Balaban J connectivity index is 1.29. The van der Waals surface area contributed by atoms with Gasteiger partial charge in [-0.25, -0.2) is 0 Å². The maximum Gasteiger partial charge on any atom is 0.191 e. The SMILES string of the molecule is CCCc1ccc(C(c2ccc(CCC)cc2)C2CC(NC(=NCC3COC(C)(C)O3)NCC3COC(C)(C)O3)CN2)cc1. The van der Waals surface area contributed by atoms with E-state index in [1.54, 1.807) is 0 Å². The Hall–Kier alpha value is -2.49. The molecule has 3 aliphatic heterocycles. The number of hydrogen-bond acceptors (Lipinski definition) is 6. The van der Waals surface area contributed by atoms with Crippen LogP contribution in [0.4, 0.5) is 0 Å². The number of nitrogens with one attached hydrogen (secondary N) is 3. The fourth-order valence-corrected chi connectivity index (χ4v) is 6.61. The summed E-state index contributed by atoms with van der Waals surface area (Å²) in [5.41, 5.74) is 5.53. The Morgan fingerprint density at radius 1 is 0.841 bits per heavy atom. The van der Waals surface area contributed by atoms with Crippen LogP contribution in [0.25, 0.3) is 0 Å². The second-order valence-corrected chi connectivity index (χ2v) is 13.5. The first-order chi connectivity index (χ1) is 21.1. The topological polar surface area (TPSA) is 85.4 Å². The summed E-state index contributed by atoms with van der Waals surface area (Å²) in [6, 6.07) is 19.1. The zero-order valence-electron chi connectivity index (χ0n) is 27.7. The Kier molecular flexibility index (Phi) is 11.0. The van der Waals surface area contributed by atoms with Crippen molar-refractivity contribution in [1.29, 1.82) is 0 Å². The first-order valence-electron chi connectivity index (χ1n) is 16.7. The van der Waals surface area contributed by atoms with Crippen LogP contribution in [-0.4, -0.2) is 74.7 Å². The van der Waals surface area contributed by atoms with Gasteiger partial charge in [0.2, 0.25) is 0 Å². The molecule has 8 nitrogen and oxygen atoms in total. The molecule has 5 rings (SSSR count). The predicted molar refractivity (Wildman–Crippen MR) is 176 cm³/mol. The zero-order valence-corrected chi connectivity index (χ0v) is 27.7. The average molecular weight is 607 g/mol. The van der Waals surface area contributed by atoms with Gasteiger partial charge in [-0.15, -0.1) is 0 Å². The summed E-state index contributed by atoms with van der Waals surface area (Å²) >= 11 is 0. The number of nitrogens with zero attached hydrogens (tertiary/aromatic N) is 1. The third-order valence-corrected chi connectivity index (χ3v) is 8.75. The molecule has 2 aromatic carbocycles. The molecule has 0 radical (unpaired) electrons. The van der Waals surface area contributed by atoms with E-state index in [1.807, 2.05) is 27.7 Å². The van der Waals surface area contributed by atoms with Gasteiger partial charge in [-0.1, -0.05) is 75.2 Å². The van der Waals surface area contributed by atoms with E-state index in [0.29, 0.717) is 32.3 Å². The Morgan fingerprint density at radius 3 is 1.89 bits per heavy atom. The van der Waals surface area contributed by atoms with Gasteiger partial charge in [0.1, 0.15) is 12.2 Å². The van der Waals surface area contributed by atoms with Crippen LogP contribution in [0.2, 0.25) is 0 Å². The highest BCUT2D eigenvalue weighted by Crippen LogP contribution is 2.33. The van der Waals surface area contributed by atoms with Crippen LogP contribution in [0.3, 0.4) is 0 Å². The molecular weight excluding hydrogens is 552 g/mol. The molecule has 3 fully saturated rings. The molecule has 242 valence electrons. The minimum absolute atomic E-state index is 0.0350. The van der Waals surface area contributed by atoms with Crippen molar-refractivity contribution < 1.29 is 18.9 Å². The van der Waals surface area contributed by atoms with E-state index in [0.717, 1.165) is 44.6 Å². The van der Waals surface area contributed by atoms with Crippen LogP contribution in [-0.2, 0) is 31.8 Å². The van der Waals surface area contributed by atoms with Gasteiger partial charge in [0.15, 0.2) is 17.5 Å². The smallest absolute Gasteiger partial charge is 0.191 e. The summed E-state index contributed by atoms with van der Waals surface area (Å²) in [7, 11) is 0. The van der Waals surface area contributed by atoms with Crippen LogP contribution in [0, 0.1) is 0 Å². The molecule has 4 atom stereocenters. The minimum atomic E-state index is -0.567. The van der Waals surface area contributed by atoms with E-state index in [2.05, 4.69) is 78.3 Å². The molecule has 2 aromatic rings. The summed E-state index contributed by atoms with van der Waals surface area (Å²) in [6.45, 7) is 15.4. The number of aryl methyl sites for hydroxylation is 2. The molecule has 4 unspecified atom stereocenters. The van der Waals surface area contributed by atoms with Crippen molar-refractivity contribution in [3.8, 4) is 0 Å². The fraction of sp³-hybridized carbons (Fsp3) is 0.639. The predicted octanol–water partition coefficient (Wildman–Crippen LogP) is 5.29. The lowest BCUT2D eigenvalue weighted by Crippen LogP contribution is -2.47. The first kappa shape index (κ1) is 32.9. The van der Waals surface area contributed by atoms with Crippen molar-refractivity contribution in [2.75, 3.05) is 32.8 Å². The largest absolute Gasteiger partial charge is 0.354 e. The second-order valence-electron chi connectivity index (χ2n) is 13.5. The second kappa shape index (κ2) is 14.7. The van der Waals surface area contributed by atoms with Crippen LogP contribution >= 0.6 is 0 Å². The van der Waals surface area contributed by atoms with Crippen LogP contribution in [0.5, 0.6) is 0 Å². The van der Waals surface area contributed by atoms with E-state index in [9.17, 15) is 0 Å². The summed E-state index contributed by atoms with van der Waals surface area (Å²) in [5, 5.41) is 11.1. The van der Waals surface area contributed by atoms with Crippen LogP contribution in [0.15, 0.2) is 53.5 Å². The first-order valence-corrected chi connectivity index (χ1v) is 16.7. The number of guanidine groups is 1. The molecule has 0 spiro atoms. The van der Waals surface area contributed by atoms with E-state index < -0.39 is 11.6 Å². The summed E-state index contributed by atoms with van der Waals surface area (Å²) in [4.78, 5) is 4.94. The van der Waals surface area contributed by atoms with Crippen molar-refractivity contribution in [2.45, 2.75) is 115 Å². The molecule has 3 N–H and O–H groups in total. The van der Waals surface area contributed by atoms with Gasteiger partial charge in [0.05, 0.1) is 19.8 Å². The Labute approximate surface area is 264 Å². The Bertz CT molecular complexity index is 1160. The third kappa shape index (κ3) is 9.04. The van der Waals surface area contributed by atoms with Gasteiger partial charge in [-0.3, -0.25) is 4.99 Å². The number of hydrogen-bond donors (Lipinski definition) is 3. The molecule has 0 bridgehead atoms. The van der Waals surface area contributed by atoms with Crippen molar-refractivity contribution in [3.05, 3.63) is 70.8 Å². The average Bonchev–Trinajstić information content (AvgIpc) is 3.70. The molecule has 3 aliphatic rings. The monoisotopic (exact) mass is 606 g/mol. The standard InChI is InChI=1S/C36H54N4O4/c1-7-9-25-11-15-27(16-12-25)33(28-17-13-26(10-8-2)14-18-28)32-19-29(20-37-32)40-34(38-21-30-23-41-35(3,4)43-30)39-22-31-24-42-36(5,6)44-31/h11-18,29-33,37H,7-10,19-24H2,1-6H3,(H2,38,39,40). The summed E-state index contributed by atoms with van der Waals surface area (Å²) in [5.74, 6) is -0.0932. The van der Waals surface area contributed by atoms with Crippen molar-refractivity contribution in [2.24, 2.45) is 4.99 Å². The normalized spacial score (nSPS) is 26.4. The molecule has 8 heteroatoms. The lowest BCUT2D eigenvalue weighted by molar-refractivity contribution is -0.137. The molecule has 0 saturated carbocycles. The number of benzene rings is 2. The molecule has 0 aliphatic carbocycles. The van der Waals surface area contributed by atoms with Crippen molar-refractivity contribution in [3.63, 3.8) is 0 Å². The van der Waals surface area contributed by atoms with E-state index in [1.165, 1.54) is 22.3 Å². The van der Waals surface area contributed by atoms with Crippen LogP contribution < -0.4 is 16.0 Å². The molecule has 3 saturated heterocycles. The minimum Gasteiger partial charge on any atom is -0.354 e. The lowest BCUT2D eigenvalue weighted by Gasteiger charge is -2.26. The summed E-state index contributed by atoms with van der Waals surface area (Å²) < 4.78 is 23.6. The highest BCUT2D eigenvalue weighted by molar-refractivity contribution is 5.80. The molecule has 3 heterocycles. The quantitative estimate of drug-likeness (QED) is 0.224. The van der Waals surface area contributed by atoms with Gasteiger partial charge in [0.25, 0.3) is 0 Å². The molecule has 44 heavy (non-hydrogen) atoms. The zero-order chi connectivity index (χ0) is 31.2. The van der Waals surface area contributed by atoms with E-state index in [4.69, 9.17) is 23.9 Å². The lowest BCUT2D eigenvalue weighted by atomic mass is 9.83.